The number of amides is 1. The van der Waals surface area contributed by atoms with E-state index in [0.717, 1.165) is 0 Å². The number of hydrogen-bond donors (Lipinski definition) is 3. The highest BCUT2D eigenvalue weighted by molar-refractivity contribution is 5.96. The topological polar surface area (TPSA) is 82.2 Å². The van der Waals surface area contributed by atoms with Crippen molar-refractivity contribution >= 4 is 16.7 Å². The monoisotopic (exact) mass is 288 g/mol. The summed E-state index contributed by atoms with van der Waals surface area (Å²) in [6.45, 7) is 5.81. The van der Waals surface area contributed by atoms with Crippen molar-refractivity contribution in [2.24, 2.45) is 5.41 Å². The van der Waals surface area contributed by atoms with Crippen LogP contribution in [0.25, 0.3) is 10.8 Å². The SMILES string of the molecule is CC(C)(C)C(O)CNC(=O)c1cc2ccccc2c(=O)[nH]1. The predicted octanol–water partition coefficient (Wildman–Crippen LogP) is 1.66. The minimum Gasteiger partial charge on any atom is -0.391 e. The highest BCUT2D eigenvalue weighted by Gasteiger charge is 2.22. The fourth-order valence-electron chi connectivity index (χ4n) is 1.92. The Balaban J connectivity index is 2.19. The van der Waals surface area contributed by atoms with Crippen LogP contribution in [-0.2, 0) is 0 Å². The molecule has 0 radical (unpaired) electrons. The maximum absolute atomic E-state index is 12.1. The number of hydrogen-bond acceptors (Lipinski definition) is 3. The molecular formula is C16H20N2O3. The molecule has 0 saturated heterocycles. The first-order valence-electron chi connectivity index (χ1n) is 6.87. The lowest BCUT2D eigenvalue weighted by molar-refractivity contribution is 0.0585. The maximum atomic E-state index is 12.1. The Morgan fingerprint density at radius 1 is 1.33 bits per heavy atom. The molecule has 1 aromatic heterocycles. The third-order valence-electron chi connectivity index (χ3n) is 3.45. The molecule has 0 spiro atoms. The molecule has 0 saturated carbocycles. The van der Waals surface area contributed by atoms with Crippen molar-refractivity contribution in [1.82, 2.24) is 10.3 Å². The minimum absolute atomic E-state index is 0.136. The number of benzene rings is 1. The number of aromatic nitrogens is 1. The summed E-state index contributed by atoms with van der Waals surface area (Å²) in [7, 11) is 0. The van der Waals surface area contributed by atoms with E-state index in [1.807, 2.05) is 26.8 Å². The van der Waals surface area contributed by atoms with Crippen LogP contribution in [-0.4, -0.2) is 28.6 Å². The third-order valence-corrected chi connectivity index (χ3v) is 3.45. The zero-order chi connectivity index (χ0) is 15.6. The summed E-state index contributed by atoms with van der Waals surface area (Å²) in [5.74, 6) is -0.402. The van der Waals surface area contributed by atoms with E-state index < -0.39 is 12.0 Å². The highest BCUT2D eigenvalue weighted by atomic mass is 16.3. The Kier molecular flexibility index (Phi) is 4.14. The van der Waals surface area contributed by atoms with Crippen molar-refractivity contribution < 1.29 is 9.90 Å². The van der Waals surface area contributed by atoms with Crippen LogP contribution < -0.4 is 10.9 Å². The molecule has 5 heteroatoms. The molecule has 1 aromatic carbocycles. The number of aromatic amines is 1. The Morgan fingerprint density at radius 2 is 2.00 bits per heavy atom. The molecule has 1 unspecified atom stereocenters. The average Bonchev–Trinajstić information content (AvgIpc) is 2.43. The van der Waals surface area contributed by atoms with Crippen LogP contribution in [0.3, 0.4) is 0 Å². The van der Waals surface area contributed by atoms with E-state index in [-0.39, 0.29) is 23.2 Å². The molecule has 0 aliphatic carbocycles. The summed E-state index contributed by atoms with van der Waals surface area (Å²) in [4.78, 5) is 26.6. The van der Waals surface area contributed by atoms with Crippen LogP contribution in [0.1, 0.15) is 31.3 Å². The second-order valence-corrected chi connectivity index (χ2v) is 6.19. The van der Waals surface area contributed by atoms with Crippen LogP contribution in [0.2, 0.25) is 0 Å². The van der Waals surface area contributed by atoms with Gasteiger partial charge in [0.1, 0.15) is 5.69 Å². The van der Waals surface area contributed by atoms with Crippen LogP contribution in [0.4, 0.5) is 0 Å². The summed E-state index contributed by atoms with van der Waals surface area (Å²) in [6, 6.07) is 8.71. The van der Waals surface area contributed by atoms with Gasteiger partial charge in [0.05, 0.1) is 6.10 Å². The third kappa shape index (κ3) is 3.49. The molecule has 1 amide bonds. The first-order valence-corrected chi connectivity index (χ1v) is 6.87. The lowest BCUT2D eigenvalue weighted by Crippen LogP contribution is -2.39. The van der Waals surface area contributed by atoms with Crippen molar-refractivity contribution in [1.29, 1.82) is 0 Å². The molecule has 3 N–H and O–H groups in total. The molecule has 2 rings (SSSR count). The van der Waals surface area contributed by atoms with Crippen molar-refractivity contribution in [3.63, 3.8) is 0 Å². The zero-order valence-electron chi connectivity index (χ0n) is 12.4. The lowest BCUT2D eigenvalue weighted by atomic mass is 9.89. The Labute approximate surface area is 123 Å². The fraction of sp³-hybridized carbons (Fsp3) is 0.375. The van der Waals surface area contributed by atoms with Crippen LogP contribution >= 0.6 is 0 Å². The van der Waals surface area contributed by atoms with Gasteiger partial charge in [-0.25, -0.2) is 0 Å². The number of H-pyrrole nitrogens is 1. The Bertz CT molecular complexity index is 713. The largest absolute Gasteiger partial charge is 0.391 e. The van der Waals surface area contributed by atoms with Gasteiger partial charge in [0.25, 0.3) is 11.5 Å². The molecule has 1 heterocycles. The van der Waals surface area contributed by atoms with Crippen LogP contribution in [0.15, 0.2) is 35.1 Å². The van der Waals surface area contributed by atoms with Crippen LogP contribution in [0, 0.1) is 5.41 Å². The van der Waals surface area contributed by atoms with Crippen molar-refractivity contribution in [2.75, 3.05) is 6.54 Å². The van der Waals surface area contributed by atoms with Gasteiger partial charge in [-0.1, -0.05) is 39.0 Å². The van der Waals surface area contributed by atoms with Gasteiger partial charge in [-0.3, -0.25) is 9.59 Å². The normalized spacial score (nSPS) is 13.1. The standard InChI is InChI=1S/C16H20N2O3/c1-16(2,3)13(19)9-17-15(21)12-8-10-6-4-5-7-11(10)14(20)18-12/h4-8,13,19H,9H2,1-3H3,(H,17,21)(H,18,20). The van der Waals surface area contributed by atoms with Gasteiger partial charge in [-0.05, 0) is 22.9 Å². The van der Waals surface area contributed by atoms with E-state index >= 15 is 0 Å². The molecule has 0 aliphatic heterocycles. The second kappa shape index (κ2) is 5.69. The van der Waals surface area contributed by atoms with E-state index in [1.165, 1.54) is 0 Å². The summed E-state index contributed by atoms with van der Waals surface area (Å²) < 4.78 is 0. The van der Waals surface area contributed by atoms with Gasteiger partial charge in [0.2, 0.25) is 0 Å². The number of rotatable bonds is 3. The molecule has 21 heavy (non-hydrogen) atoms. The van der Waals surface area contributed by atoms with Gasteiger partial charge >= 0.3 is 0 Å². The van der Waals surface area contributed by atoms with Gasteiger partial charge < -0.3 is 15.4 Å². The van der Waals surface area contributed by atoms with E-state index in [9.17, 15) is 14.7 Å². The fourth-order valence-corrected chi connectivity index (χ4v) is 1.92. The van der Waals surface area contributed by atoms with Gasteiger partial charge in [0.15, 0.2) is 0 Å². The van der Waals surface area contributed by atoms with Crippen molar-refractivity contribution in [3.8, 4) is 0 Å². The molecule has 0 aliphatic rings. The summed E-state index contributed by atoms with van der Waals surface area (Å²) in [6.07, 6.45) is -0.659. The summed E-state index contributed by atoms with van der Waals surface area (Å²) in [5, 5.41) is 13.8. The average molecular weight is 288 g/mol. The van der Waals surface area contributed by atoms with E-state index in [1.54, 1.807) is 24.3 Å². The Hall–Kier alpha value is -2.14. The van der Waals surface area contributed by atoms with E-state index in [4.69, 9.17) is 0 Å². The zero-order valence-corrected chi connectivity index (χ0v) is 12.4. The first kappa shape index (κ1) is 15.3. The van der Waals surface area contributed by atoms with Gasteiger partial charge in [-0.2, -0.15) is 0 Å². The minimum atomic E-state index is -0.659. The van der Waals surface area contributed by atoms with Gasteiger partial charge in [-0.15, -0.1) is 0 Å². The number of aliphatic hydroxyl groups excluding tert-OH is 1. The highest BCUT2D eigenvalue weighted by Crippen LogP contribution is 2.18. The number of aliphatic hydroxyl groups is 1. The Morgan fingerprint density at radius 3 is 2.67 bits per heavy atom. The number of pyridine rings is 1. The summed E-state index contributed by atoms with van der Waals surface area (Å²) >= 11 is 0. The molecule has 2 aromatic rings. The molecule has 5 nitrogen and oxygen atoms in total. The quantitative estimate of drug-likeness (QED) is 0.803. The molecule has 0 fully saturated rings. The maximum Gasteiger partial charge on any atom is 0.267 e. The molecular weight excluding hydrogens is 268 g/mol. The number of carbonyl (C=O) groups is 1. The van der Waals surface area contributed by atoms with Crippen molar-refractivity contribution in [3.05, 3.63) is 46.4 Å². The second-order valence-electron chi connectivity index (χ2n) is 6.19. The number of nitrogens with one attached hydrogen (secondary N) is 2. The number of fused-ring (bicyclic) bond motifs is 1. The van der Waals surface area contributed by atoms with E-state index in [2.05, 4.69) is 10.3 Å². The molecule has 112 valence electrons. The van der Waals surface area contributed by atoms with Gasteiger partial charge in [0, 0.05) is 11.9 Å². The molecule has 1 atom stereocenters. The van der Waals surface area contributed by atoms with Crippen LogP contribution in [0.5, 0.6) is 0 Å². The summed E-state index contributed by atoms with van der Waals surface area (Å²) in [5.41, 5.74) is -0.418. The smallest absolute Gasteiger partial charge is 0.267 e. The predicted molar refractivity (Wildman–Crippen MR) is 82.4 cm³/mol. The lowest BCUT2D eigenvalue weighted by Gasteiger charge is -2.25. The van der Waals surface area contributed by atoms with E-state index in [0.29, 0.717) is 10.8 Å². The number of carbonyl (C=O) groups excluding carboxylic acids is 1. The molecule has 0 bridgehead atoms. The first-order chi connectivity index (χ1) is 9.79. The van der Waals surface area contributed by atoms with Crippen molar-refractivity contribution in [2.45, 2.75) is 26.9 Å².